The first kappa shape index (κ1) is 13.5. The van der Waals surface area contributed by atoms with Crippen LogP contribution in [0.25, 0.3) is 0 Å². The van der Waals surface area contributed by atoms with Gasteiger partial charge in [-0.2, -0.15) is 0 Å². The highest BCUT2D eigenvalue weighted by Crippen LogP contribution is 2.24. The lowest BCUT2D eigenvalue weighted by atomic mass is 10.3. The molecule has 0 amide bonds. The third-order valence-corrected chi connectivity index (χ3v) is 2.99. The van der Waals surface area contributed by atoms with E-state index in [1.807, 2.05) is 13.1 Å². The third-order valence-electron chi connectivity index (χ3n) is 2.41. The summed E-state index contributed by atoms with van der Waals surface area (Å²) in [6.07, 6.45) is 4.11. The first-order valence-corrected chi connectivity index (χ1v) is 6.46. The van der Waals surface area contributed by atoms with Crippen molar-refractivity contribution in [3.05, 3.63) is 22.3 Å². The van der Waals surface area contributed by atoms with E-state index in [1.165, 1.54) is 0 Å². The molecule has 1 aromatic rings. The van der Waals surface area contributed by atoms with Crippen molar-refractivity contribution in [2.75, 3.05) is 24.6 Å². The first-order chi connectivity index (χ1) is 7.69. The molecular weight excluding hydrogens is 268 g/mol. The summed E-state index contributed by atoms with van der Waals surface area (Å²) in [6.45, 7) is 5.91. The number of aliphatic hydroxyl groups excluding tert-OH is 1. The molecule has 4 heteroatoms. The van der Waals surface area contributed by atoms with Crippen LogP contribution < -0.4 is 4.90 Å². The van der Waals surface area contributed by atoms with Gasteiger partial charge in [-0.1, -0.05) is 13.3 Å². The Morgan fingerprint density at radius 2 is 2.19 bits per heavy atom. The molecule has 90 valence electrons. The maximum atomic E-state index is 9.06. The Morgan fingerprint density at radius 3 is 2.75 bits per heavy atom. The lowest BCUT2D eigenvalue weighted by Gasteiger charge is -2.23. The van der Waals surface area contributed by atoms with Gasteiger partial charge in [-0.3, -0.25) is 0 Å². The highest BCUT2D eigenvalue weighted by molar-refractivity contribution is 9.10. The average Bonchev–Trinajstić information content (AvgIpc) is 2.25. The van der Waals surface area contributed by atoms with E-state index in [-0.39, 0.29) is 6.61 Å². The molecule has 0 bridgehead atoms. The fourth-order valence-corrected chi connectivity index (χ4v) is 2.27. The summed E-state index contributed by atoms with van der Waals surface area (Å²) in [5.41, 5.74) is 1.13. The Hall–Kier alpha value is -0.610. The van der Waals surface area contributed by atoms with E-state index < -0.39 is 0 Å². The molecule has 0 saturated carbocycles. The highest BCUT2D eigenvalue weighted by atomic mass is 79.9. The molecule has 0 radical (unpaired) electrons. The van der Waals surface area contributed by atoms with Gasteiger partial charge in [0.15, 0.2) is 0 Å². The number of nitrogens with zero attached hydrogens (tertiary/aromatic N) is 2. The molecule has 1 rings (SSSR count). The molecule has 0 fully saturated rings. The van der Waals surface area contributed by atoms with Crippen molar-refractivity contribution in [1.82, 2.24) is 4.98 Å². The van der Waals surface area contributed by atoms with Crippen molar-refractivity contribution in [2.45, 2.75) is 26.7 Å². The zero-order chi connectivity index (χ0) is 12.0. The molecule has 0 unspecified atom stereocenters. The summed E-state index contributed by atoms with van der Waals surface area (Å²) in [5.74, 6) is 0.924. The van der Waals surface area contributed by atoms with Crippen LogP contribution in [0.4, 0.5) is 5.82 Å². The van der Waals surface area contributed by atoms with Crippen molar-refractivity contribution in [1.29, 1.82) is 0 Å². The topological polar surface area (TPSA) is 36.4 Å². The number of unbranched alkanes of at least 4 members (excludes halogenated alkanes) is 1. The average molecular weight is 287 g/mol. The molecule has 16 heavy (non-hydrogen) atoms. The van der Waals surface area contributed by atoms with E-state index in [0.717, 1.165) is 35.2 Å². The SMILES string of the molecule is CCCCN(CCO)c1ncc(C)cc1Br. The van der Waals surface area contributed by atoms with Crippen molar-refractivity contribution < 1.29 is 5.11 Å². The van der Waals surface area contributed by atoms with Crippen molar-refractivity contribution in [3.8, 4) is 0 Å². The molecule has 0 atom stereocenters. The quantitative estimate of drug-likeness (QED) is 0.874. The first-order valence-electron chi connectivity index (χ1n) is 5.67. The van der Waals surface area contributed by atoms with Gasteiger partial charge in [-0.25, -0.2) is 4.98 Å². The van der Waals surface area contributed by atoms with Crippen LogP contribution in [-0.2, 0) is 0 Å². The number of pyridine rings is 1. The molecule has 3 nitrogen and oxygen atoms in total. The molecule has 0 aliphatic carbocycles. The monoisotopic (exact) mass is 286 g/mol. The van der Waals surface area contributed by atoms with E-state index in [1.54, 1.807) is 0 Å². The Balaban J connectivity index is 2.82. The number of aromatic nitrogens is 1. The number of halogens is 1. The zero-order valence-electron chi connectivity index (χ0n) is 9.91. The maximum Gasteiger partial charge on any atom is 0.142 e. The second-order valence-electron chi connectivity index (χ2n) is 3.88. The summed E-state index contributed by atoms with van der Waals surface area (Å²) in [4.78, 5) is 6.54. The summed E-state index contributed by atoms with van der Waals surface area (Å²) in [6, 6.07) is 2.05. The minimum atomic E-state index is 0.158. The Bertz CT molecular complexity index is 331. The second-order valence-corrected chi connectivity index (χ2v) is 4.74. The highest BCUT2D eigenvalue weighted by Gasteiger charge is 2.10. The fourth-order valence-electron chi connectivity index (χ4n) is 1.55. The smallest absolute Gasteiger partial charge is 0.142 e. The normalized spacial score (nSPS) is 10.5. The van der Waals surface area contributed by atoms with Gasteiger partial charge in [0, 0.05) is 19.3 Å². The summed E-state index contributed by atoms with van der Waals surface area (Å²) < 4.78 is 0.997. The van der Waals surface area contributed by atoms with Crippen LogP contribution in [-0.4, -0.2) is 29.8 Å². The zero-order valence-corrected chi connectivity index (χ0v) is 11.5. The molecule has 0 aliphatic rings. The van der Waals surface area contributed by atoms with Crippen LogP contribution in [0.5, 0.6) is 0 Å². The van der Waals surface area contributed by atoms with Gasteiger partial charge in [0.05, 0.1) is 11.1 Å². The minimum absolute atomic E-state index is 0.158. The van der Waals surface area contributed by atoms with E-state index in [2.05, 4.69) is 38.8 Å². The van der Waals surface area contributed by atoms with Crippen LogP contribution >= 0.6 is 15.9 Å². The predicted octanol–water partition coefficient (Wildman–Crippen LogP) is 2.75. The molecule has 0 saturated heterocycles. The largest absolute Gasteiger partial charge is 0.395 e. The number of aliphatic hydroxyl groups is 1. The number of anilines is 1. The predicted molar refractivity (Wildman–Crippen MR) is 70.9 cm³/mol. The third kappa shape index (κ3) is 3.76. The van der Waals surface area contributed by atoms with Crippen molar-refractivity contribution in [2.24, 2.45) is 0 Å². The van der Waals surface area contributed by atoms with Gasteiger partial charge in [0.1, 0.15) is 5.82 Å². The lowest BCUT2D eigenvalue weighted by Crippen LogP contribution is -2.28. The fraction of sp³-hybridized carbons (Fsp3) is 0.583. The summed E-state index contributed by atoms with van der Waals surface area (Å²) >= 11 is 3.52. The maximum absolute atomic E-state index is 9.06. The van der Waals surface area contributed by atoms with Crippen LogP contribution in [0.3, 0.4) is 0 Å². The molecule has 0 spiro atoms. The molecular formula is C12H19BrN2O. The van der Waals surface area contributed by atoms with E-state index >= 15 is 0 Å². The molecule has 1 aromatic heterocycles. The molecule has 0 aliphatic heterocycles. The van der Waals surface area contributed by atoms with Gasteiger partial charge >= 0.3 is 0 Å². The van der Waals surface area contributed by atoms with Gasteiger partial charge in [0.25, 0.3) is 0 Å². The van der Waals surface area contributed by atoms with Crippen molar-refractivity contribution >= 4 is 21.7 Å². The summed E-state index contributed by atoms with van der Waals surface area (Å²) in [5, 5.41) is 9.06. The number of hydrogen-bond acceptors (Lipinski definition) is 3. The van der Waals surface area contributed by atoms with Crippen LogP contribution in [0.2, 0.25) is 0 Å². The molecule has 1 heterocycles. The Labute approximate surface area is 106 Å². The minimum Gasteiger partial charge on any atom is -0.395 e. The van der Waals surface area contributed by atoms with E-state index in [9.17, 15) is 0 Å². The standard InChI is InChI=1S/C12H19BrN2O/c1-3-4-5-15(6-7-16)12-11(13)8-10(2)9-14-12/h8-9,16H,3-7H2,1-2H3. The van der Waals surface area contributed by atoms with Crippen LogP contribution in [0, 0.1) is 6.92 Å². The van der Waals surface area contributed by atoms with Crippen LogP contribution in [0.1, 0.15) is 25.3 Å². The van der Waals surface area contributed by atoms with E-state index in [0.29, 0.717) is 6.54 Å². The molecule has 0 aromatic carbocycles. The number of hydrogen-bond donors (Lipinski definition) is 1. The second kappa shape index (κ2) is 6.86. The van der Waals surface area contributed by atoms with Crippen LogP contribution in [0.15, 0.2) is 16.7 Å². The Morgan fingerprint density at radius 1 is 1.44 bits per heavy atom. The van der Waals surface area contributed by atoms with Gasteiger partial charge in [0.2, 0.25) is 0 Å². The number of aryl methyl sites for hydroxylation is 1. The van der Waals surface area contributed by atoms with Crippen molar-refractivity contribution in [3.63, 3.8) is 0 Å². The van der Waals surface area contributed by atoms with Gasteiger partial charge < -0.3 is 10.0 Å². The lowest BCUT2D eigenvalue weighted by molar-refractivity contribution is 0.301. The van der Waals surface area contributed by atoms with Gasteiger partial charge in [-0.15, -0.1) is 0 Å². The molecule has 1 N–H and O–H groups in total. The van der Waals surface area contributed by atoms with Gasteiger partial charge in [-0.05, 0) is 40.9 Å². The van der Waals surface area contributed by atoms with E-state index in [4.69, 9.17) is 5.11 Å². The summed E-state index contributed by atoms with van der Waals surface area (Å²) in [7, 11) is 0. The Kier molecular flexibility index (Phi) is 5.77. The number of rotatable bonds is 6.